The van der Waals surface area contributed by atoms with Gasteiger partial charge in [0.15, 0.2) is 0 Å². The highest BCUT2D eigenvalue weighted by atomic mass is 35.5. The molecule has 0 unspecified atom stereocenters. The predicted octanol–water partition coefficient (Wildman–Crippen LogP) is 5.12. The number of likely N-dealkylation sites (N-methyl/N-ethyl adjacent to an activating group) is 1. The van der Waals surface area contributed by atoms with E-state index in [-0.39, 0.29) is 5.91 Å². The average molecular weight is 396 g/mol. The van der Waals surface area contributed by atoms with Gasteiger partial charge in [0, 0.05) is 42.5 Å². The molecule has 146 valence electrons. The van der Waals surface area contributed by atoms with Gasteiger partial charge in [0.05, 0.1) is 11.4 Å². The van der Waals surface area contributed by atoms with Crippen LogP contribution in [0.2, 0.25) is 5.02 Å². The third-order valence-corrected chi connectivity index (χ3v) is 4.94. The highest BCUT2D eigenvalue weighted by Gasteiger charge is 2.26. The van der Waals surface area contributed by atoms with Crippen LogP contribution in [0.5, 0.6) is 0 Å². The van der Waals surface area contributed by atoms with Crippen LogP contribution < -0.4 is 4.90 Å². The van der Waals surface area contributed by atoms with Crippen molar-refractivity contribution in [2.75, 3.05) is 25.0 Å². The first-order chi connectivity index (χ1) is 13.5. The highest BCUT2D eigenvalue weighted by molar-refractivity contribution is 6.32. The summed E-state index contributed by atoms with van der Waals surface area (Å²) in [5, 5.41) is 0.620. The number of rotatable bonds is 6. The smallest absolute Gasteiger partial charge is 0.278 e. The standard InChI is InChI=1S/C23H26ClN3O/c1-4-13-27(14-5-2)16-20-23(28)26(3)21-12-11-18(24)15-19(21)22(25-20)17-9-7-6-8-10-17/h6-12,15-16H,4-5,13-14H2,1-3H3. The molecule has 0 atom stereocenters. The van der Waals surface area contributed by atoms with Crippen LogP contribution >= 0.6 is 11.6 Å². The second-order valence-corrected chi connectivity index (χ2v) is 7.34. The van der Waals surface area contributed by atoms with Gasteiger partial charge in [0.2, 0.25) is 0 Å². The third kappa shape index (κ3) is 4.28. The number of carbonyl (C=O) groups excluding carboxylic acids is 1. The maximum Gasteiger partial charge on any atom is 0.278 e. The van der Waals surface area contributed by atoms with Gasteiger partial charge in [-0.1, -0.05) is 55.8 Å². The summed E-state index contributed by atoms with van der Waals surface area (Å²) < 4.78 is 0. The zero-order chi connectivity index (χ0) is 20.1. The zero-order valence-electron chi connectivity index (χ0n) is 16.7. The molecule has 0 spiro atoms. The maximum atomic E-state index is 13.2. The van der Waals surface area contributed by atoms with Crippen LogP contribution in [0, 0.1) is 0 Å². The second-order valence-electron chi connectivity index (χ2n) is 6.90. The van der Waals surface area contributed by atoms with E-state index in [1.54, 1.807) is 11.9 Å². The van der Waals surface area contributed by atoms with E-state index >= 15 is 0 Å². The molecule has 0 radical (unpaired) electrons. The molecule has 3 rings (SSSR count). The normalized spacial score (nSPS) is 15.3. The van der Waals surface area contributed by atoms with Crippen molar-refractivity contribution >= 4 is 28.9 Å². The van der Waals surface area contributed by atoms with Crippen molar-refractivity contribution in [2.24, 2.45) is 4.99 Å². The van der Waals surface area contributed by atoms with Crippen molar-refractivity contribution in [3.63, 3.8) is 0 Å². The van der Waals surface area contributed by atoms with Crippen molar-refractivity contribution in [3.05, 3.63) is 76.6 Å². The molecule has 28 heavy (non-hydrogen) atoms. The minimum atomic E-state index is -0.119. The number of halogens is 1. The molecule has 4 nitrogen and oxygen atoms in total. The summed E-state index contributed by atoms with van der Waals surface area (Å²) in [5.74, 6) is -0.119. The molecule has 1 heterocycles. The molecule has 0 bridgehead atoms. The molecule has 1 aliphatic rings. The van der Waals surface area contributed by atoms with E-state index in [0.717, 1.165) is 48.5 Å². The molecule has 0 fully saturated rings. The van der Waals surface area contributed by atoms with Crippen LogP contribution in [0.3, 0.4) is 0 Å². The zero-order valence-corrected chi connectivity index (χ0v) is 17.4. The Bertz CT molecular complexity index is 899. The Balaban J connectivity index is 2.20. The van der Waals surface area contributed by atoms with Crippen LogP contribution in [0.15, 0.2) is 65.4 Å². The van der Waals surface area contributed by atoms with Crippen molar-refractivity contribution in [2.45, 2.75) is 26.7 Å². The largest absolute Gasteiger partial charge is 0.375 e. The number of nitrogens with zero attached hydrogens (tertiary/aromatic N) is 3. The van der Waals surface area contributed by atoms with Crippen LogP contribution in [-0.2, 0) is 4.79 Å². The van der Waals surface area contributed by atoms with Crippen LogP contribution in [0.25, 0.3) is 0 Å². The Morgan fingerprint density at radius 3 is 2.39 bits per heavy atom. The second kappa shape index (κ2) is 9.07. The van der Waals surface area contributed by atoms with E-state index < -0.39 is 0 Å². The van der Waals surface area contributed by atoms with Gasteiger partial charge >= 0.3 is 0 Å². The van der Waals surface area contributed by atoms with Gasteiger partial charge in [-0.3, -0.25) is 4.79 Å². The molecule has 1 aliphatic heterocycles. The summed E-state index contributed by atoms with van der Waals surface area (Å²) in [5.41, 5.74) is 3.82. The Labute approximate surface area is 172 Å². The van der Waals surface area contributed by atoms with Gasteiger partial charge in [0.25, 0.3) is 5.91 Å². The Morgan fingerprint density at radius 1 is 1.07 bits per heavy atom. The van der Waals surface area contributed by atoms with E-state index in [9.17, 15) is 4.79 Å². The number of aliphatic imine (C=N–C) groups is 1. The number of hydrogen-bond donors (Lipinski definition) is 0. The van der Waals surface area contributed by atoms with Gasteiger partial charge in [-0.05, 0) is 31.0 Å². The summed E-state index contributed by atoms with van der Waals surface area (Å²) in [4.78, 5) is 21.9. The molecular weight excluding hydrogens is 370 g/mol. The summed E-state index contributed by atoms with van der Waals surface area (Å²) in [6, 6.07) is 15.5. The first kappa shape index (κ1) is 20.2. The summed E-state index contributed by atoms with van der Waals surface area (Å²) in [7, 11) is 1.79. The predicted molar refractivity (Wildman–Crippen MR) is 117 cm³/mol. The first-order valence-corrected chi connectivity index (χ1v) is 10.1. The number of amides is 1. The fraction of sp³-hybridized carbons (Fsp3) is 0.304. The molecule has 0 aromatic heterocycles. The molecule has 0 aliphatic carbocycles. The monoisotopic (exact) mass is 395 g/mol. The van der Waals surface area contributed by atoms with Crippen molar-refractivity contribution in [1.29, 1.82) is 0 Å². The summed E-state index contributed by atoms with van der Waals surface area (Å²) in [6.07, 6.45) is 3.93. The minimum absolute atomic E-state index is 0.119. The van der Waals surface area contributed by atoms with Crippen LogP contribution in [-0.4, -0.2) is 36.7 Å². The third-order valence-electron chi connectivity index (χ3n) is 4.70. The molecule has 0 saturated heterocycles. The summed E-state index contributed by atoms with van der Waals surface area (Å²) >= 11 is 6.29. The Kier molecular flexibility index (Phi) is 6.53. The quantitative estimate of drug-likeness (QED) is 0.636. The first-order valence-electron chi connectivity index (χ1n) is 9.73. The number of hydrogen-bond acceptors (Lipinski definition) is 3. The lowest BCUT2D eigenvalue weighted by molar-refractivity contribution is -0.114. The topological polar surface area (TPSA) is 35.9 Å². The molecule has 0 N–H and O–H groups in total. The number of anilines is 1. The fourth-order valence-electron chi connectivity index (χ4n) is 3.39. The molecular formula is C23H26ClN3O. The van der Waals surface area contributed by atoms with Crippen molar-refractivity contribution in [3.8, 4) is 0 Å². The average Bonchev–Trinajstić information content (AvgIpc) is 2.79. The Hall–Kier alpha value is -2.59. The highest BCUT2D eigenvalue weighted by Crippen LogP contribution is 2.31. The van der Waals surface area contributed by atoms with Gasteiger partial charge < -0.3 is 9.80 Å². The molecule has 5 heteroatoms. The lowest BCUT2D eigenvalue weighted by Crippen LogP contribution is -2.29. The lowest BCUT2D eigenvalue weighted by Gasteiger charge is -2.21. The maximum absolute atomic E-state index is 13.2. The van der Waals surface area contributed by atoms with E-state index in [1.165, 1.54) is 0 Å². The number of benzene rings is 2. The van der Waals surface area contributed by atoms with Gasteiger partial charge in [0.1, 0.15) is 5.70 Å². The number of carbonyl (C=O) groups is 1. The van der Waals surface area contributed by atoms with Crippen LogP contribution in [0.1, 0.15) is 37.8 Å². The van der Waals surface area contributed by atoms with E-state index in [0.29, 0.717) is 10.7 Å². The minimum Gasteiger partial charge on any atom is -0.375 e. The molecule has 0 saturated carbocycles. The Morgan fingerprint density at radius 2 is 1.75 bits per heavy atom. The van der Waals surface area contributed by atoms with E-state index in [1.807, 2.05) is 54.7 Å². The fourth-order valence-corrected chi connectivity index (χ4v) is 3.56. The van der Waals surface area contributed by atoms with E-state index in [4.69, 9.17) is 16.6 Å². The van der Waals surface area contributed by atoms with Crippen molar-refractivity contribution in [1.82, 2.24) is 4.90 Å². The van der Waals surface area contributed by atoms with Crippen LogP contribution in [0.4, 0.5) is 5.69 Å². The molecule has 1 amide bonds. The lowest BCUT2D eigenvalue weighted by atomic mass is 10.0. The van der Waals surface area contributed by atoms with Gasteiger partial charge in [-0.2, -0.15) is 0 Å². The number of benzodiazepines with no additional fused rings is 1. The van der Waals surface area contributed by atoms with Crippen molar-refractivity contribution < 1.29 is 4.79 Å². The molecule has 2 aromatic rings. The molecule has 2 aromatic carbocycles. The van der Waals surface area contributed by atoms with E-state index in [2.05, 4.69) is 18.7 Å². The number of fused-ring (bicyclic) bond motifs is 1. The summed E-state index contributed by atoms with van der Waals surface area (Å²) in [6.45, 7) is 6.06. The van der Waals surface area contributed by atoms with Gasteiger partial charge in [-0.15, -0.1) is 0 Å². The SMILES string of the molecule is CCCN(C=C1N=C(c2ccccc2)c2cc(Cl)ccc2N(C)C1=O)CCC. The van der Waals surface area contributed by atoms with Gasteiger partial charge in [-0.25, -0.2) is 4.99 Å².